The van der Waals surface area contributed by atoms with Gasteiger partial charge in [0.05, 0.1) is 11.5 Å². The third kappa shape index (κ3) is 5.14. The van der Waals surface area contributed by atoms with Crippen molar-refractivity contribution in [1.82, 2.24) is 5.32 Å². The quantitative estimate of drug-likeness (QED) is 0.563. The zero-order chi connectivity index (χ0) is 15.1. The van der Waals surface area contributed by atoms with E-state index in [-0.39, 0.29) is 30.6 Å². The molecule has 0 saturated carbocycles. The first-order valence-corrected chi connectivity index (χ1v) is 6.68. The highest BCUT2D eigenvalue weighted by atomic mass is 16.6. The van der Waals surface area contributed by atoms with Crippen molar-refractivity contribution in [2.24, 2.45) is 5.92 Å². The molecule has 1 unspecified atom stereocenters. The maximum absolute atomic E-state index is 11.1. The van der Waals surface area contributed by atoms with Crippen LogP contribution < -0.4 is 10.1 Å². The molecule has 0 heterocycles. The summed E-state index contributed by atoms with van der Waals surface area (Å²) in [5, 5.41) is 23.2. The van der Waals surface area contributed by atoms with Crippen LogP contribution in [0, 0.1) is 16.0 Å². The molecule has 0 amide bonds. The van der Waals surface area contributed by atoms with Gasteiger partial charge in [0, 0.05) is 31.2 Å². The highest BCUT2D eigenvalue weighted by Crippen LogP contribution is 2.28. The summed E-state index contributed by atoms with van der Waals surface area (Å²) in [6, 6.07) is 5.25. The lowest BCUT2D eigenvalue weighted by molar-refractivity contribution is -0.386. The van der Waals surface area contributed by atoms with Crippen LogP contribution >= 0.6 is 0 Å². The molecular weight excluding hydrogens is 260 g/mol. The smallest absolute Gasteiger partial charge is 0.311 e. The van der Waals surface area contributed by atoms with Gasteiger partial charge in [-0.15, -0.1) is 0 Å². The second-order valence-corrected chi connectivity index (χ2v) is 5.19. The van der Waals surface area contributed by atoms with E-state index in [1.165, 1.54) is 6.07 Å². The van der Waals surface area contributed by atoms with Crippen LogP contribution in [0.1, 0.15) is 26.3 Å². The minimum atomic E-state index is -0.447. The Hall–Kier alpha value is -1.66. The fourth-order valence-corrected chi connectivity index (χ4v) is 1.54. The van der Waals surface area contributed by atoms with Gasteiger partial charge in [0.25, 0.3) is 0 Å². The largest absolute Gasteiger partial charge is 0.486 e. The van der Waals surface area contributed by atoms with Gasteiger partial charge in [-0.2, -0.15) is 0 Å². The number of aliphatic hydroxyl groups excluding tert-OH is 1. The fourth-order valence-electron chi connectivity index (χ4n) is 1.54. The van der Waals surface area contributed by atoms with Crippen LogP contribution in [0.25, 0.3) is 0 Å². The van der Waals surface area contributed by atoms with Gasteiger partial charge in [0.1, 0.15) is 0 Å². The summed E-state index contributed by atoms with van der Waals surface area (Å²) in [5.41, 5.74) is 0.797. The summed E-state index contributed by atoms with van der Waals surface area (Å²) < 4.78 is 5.41. The lowest BCUT2D eigenvalue weighted by atomic mass is 10.1. The van der Waals surface area contributed by atoms with Gasteiger partial charge in [0.2, 0.25) is 0 Å². The summed E-state index contributed by atoms with van der Waals surface area (Å²) in [6.45, 7) is 6.66. The van der Waals surface area contributed by atoms with Gasteiger partial charge in [-0.1, -0.05) is 26.8 Å². The average molecular weight is 282 g/mol. The molecule has 0 aliphatic rings. The second-order valence-electron chi connectivity index (χ2n) is 5.19. The van der Waals surface area contributed by atoms with Crippen LogP contribution in [0.4, 0.5) is 5.69 Å². The van der Waals surface area contributed by atoms with Crippen LogP contribution in [0.2, 0.25) is 0 Å². The molecule has 0 fully saturated rings. The molecule has 0 aliphatic heterocycles. The Morgan fingerprint density at radius 3 is 2.65 bits per heavy atom. The minimum Gasteiger partial charge on any atom is -0.486 e. The molecule has 20 heavy (non-hydrogen) atoms. The van der Waals surface area contributed by atoms with Crippen molar-refractivity contribution in [3.8, 4) is 5.75 Å². The Morgan fingerprint density at radius 2 is 2.10 bits per heavy atom. The minimum absolute atomic E-state index is 0.00973. The SMILES string of the molecule is CC(CO)COc1ccc(CNC(C)C)cc1[N+](=O)[O-]. The Bertz CT molecular complexity index is 449. The molecule has 2 N–H and O–H groups in total. The first-order valence-electron chi connectivity index (χ1n) is 6.68. The molecule has 1 aromatic carbocycles. The fraction of sp³-hybridized carbons (Fsp3) is 0.571. The number of hydrogen-bond donors (Lipinski definition) is 2. The molecule has 6 nitrogen and oxygen atoms in total. The van der Waals surface area contributed by atoms with Gasteiger partial charge < -0.3 is 15.2 Å². The summed E-state index contributed by atoms with van der Waals surface area (Å²) in [5.74, 6) is 0.181. The van der Waals surface area contributed by atoms with E-state index in [0.29, 0.717) is 12.6 Å². The van der Waals surface area contributed by atoms with E-state index in [2.05, 4.69) is 5.32 Å². The Kier molecular flexibility index (Phi) is 6.41. The molecule has 1 aromatic rings. The average Bonchev–Trinajstić information content (AvgIpc) is 2.42. The van der Waals surface area contributed by atoms with Crippen LogP contribution in [0.15, 0.2) is 18.2 Å². The van der Waals surface area contributed by atoms with Crippen molar-refractivity contribution in [3.05, 3.63) is 33.9 Å². The zero-order valence-corrected chi connectivity index (χ0v) is 12.1. The summed E-state index contributed by atoms with van der Waals surface area (Å²) in [7, 11) is 0. The molecule has 6 heteroatoms. The number of benzene rings is 1. The highest BCUT2D eigenvalue weighted by molar-refractivity contribution is 5.48. The maximum Gasteiger partial charge on any atom is 0.311 e. The van der Waals surface area contributed by atoms with E-state index in [9.17, 15) is 10.1 Å². The second kappa shape index (κ2) is 7.81. The summed E-state index contributed by atoms with van der Waals surface area (Å²) in [4.78, 5) is 10.6. The Labute approximate surface area is 118 Å². The molecule has 112 valence electrons. The predicted octanol–water partition coefficient (Wildman–Crippen LogP) is 2.10. The number of nitrogens with zero attached hydrogens (tertiary/aromatic N) is 1. The van der Waals surface area contributed by atoms with Gasteiger partial charge in [-0.05, 0) is 11.6 Å². The van der Waals surface area contributed by atoms with Crippen molar-refractivity contribution < 1.29 is 14.8 Å². The van der Waals surface area contributed by atoms with E-state index >= 15 is 0 Å². The van der Waals surface area contributed by atoms with Crippen molar-refractivity contribution in [3.63, 3.8) is 0 Å². The Balaban J connectivity index is 2.82. The lowest BCUT2D eigenvalue weighted by Gasteiger charge is -2.12. The number of hydrogen-bond acceptors (Lipinski definition) is 5. The number of ether oxygens (including phenoxy) is 1. The zero-order valence-electron chi connectivity index (χ0n) is 12.1. The van der Waals surface area contributed by atoms with Crippen molar-refractivity contribution in [1.29, 1.82) is 0 Å². The molecule has 0 saturated heterocycles. The van der Waals surface area contributed by atoms with E-state index in [4.69, 9.17) is 9.84 Å². The molecule has 1 rings (SSSR count). The van der Waals surface area contributed by atoms with Crippen molar-refractivity contribution in [2.75, 3.05) is 13.2 Å². The monoisotopic (exact) mass is 282 g/mol. The first kappa shape index (κ1) is 16.4. The lowest BCUT2D eigenvalue weighted by Crippen LogP contribution is -2.21. The molecule has 0 radical (unpaired) electrons. The van der Waals surface area contributed by atoms with E-state index in [1.807, 2.05) is 20.8 Å². The van der Waals surface area contributed by atoms with Crippen LogP contribution in [-0.2, 0) is 6.54 Å². The van der Waals surface area contributed by atoms with Crippen LogP contribution in [0.3, 0.4) is 0 Å². The highest BCUT2D eigenvalue weighted by Gasteiger charge is 2.16. The molecule has 0 aliphatic carbocycles. The summed E-state index contributed by atoms with van der Waals surface area (Å²) in [6.07, 6.45) is 0. The number of nitro groups is 1. The molecule has 1 atom stereocenters. The van der Waals surface area contributed by atoms with Gasteiger partial charge in [0.15, 0.2) is 5.75 Å². The topological polar surface area (TPSA) is 84.6 Å². The van der Waals surface area contributed by atoms with Gasteiger partial charge >= 0.3 is 5.69 Å². The van der Waals surface area contributed by atoms with Crippen LogP contribution in [0.5, 0.6) is 5.75 Å². The number of nitro benzene ring substituents is 1. The Morgan fingerprint density at radius 1 is 1.40 bits per heavy atom. The third-order valence-corrected chi connectivity index (χ3v) is 2.77. The third-order valence-electron chi connectivity index (χ3n) is 2.77. The molecular formula is C14H22N2O4. The van der Waals surface area contributed by atoms with Gasteiger partial charge in [-0.25, -0.2) is 0 Å². The van der Waals surface area contributed by atoms with E-state index in [0.717, 1.165) is 5.56 Å². The number of nitrogens with one attached hydrogen (secondary N) is 1. The first-order chi connectivity index (χ1) is 9.43. The number of rotatable bonds is 8. The van der Waals surface area contributed by atoms with E-state index in [1.54, 1.807) is 12.1 Å². The maximum atomic E-state index is 11.1. The van der Waals surface area contributed by atoms with E-state index < -0.39 is 4.92 Å². The summed E-state index contributed by atoms with van der Waals surface area (Å²) >= 11 is 0. The van der Waals surface area contributed by atoms with Crippen LogP contribution in [-0.4, -0.2) is 29.3 Å². The molecule has 0 spiro atoms. The van der Waals surface area contributed by atoms with Crippen molar-refractivity contribution >= 4 is 5.69 Å². The predicted molar refractivity (Wildman–Crippen MR) is 76.8 cm³/mol. The normalized spacial score (nSPS) is 12.4. The number of aliphatic hydroxyl groups is 1. The molecule has 0 aromatic heterocycles. The van der Waals surface area contributed by atoms with Gasteiger partial charge in [-0.3, -0.25) is 10.1 Å². The standard InChI is InChI=1S/C14H22N2O4/c1-10(2)15-7-12-4-5-14(13(6-12)16(18)19)20-9-11(3)8-17/h4-6,10-11,15,17H,7-9H2,1-3H3. The molecule has 0 bridgehead atoms. The van der Waals surface area contributed by atoms with Crippen molar-refractivity contribution in [2.45, 2.75) is 33.4 Å².